The van der Waals surface area contributed by atoms with Gasteiger partial charge in [-0.15, -0.1) is 0 Å². The first kappa shape index (κ1) is 24.4. The number of hydrogen-bond donors (Lipinski definition) is 0. The molecule has 1 heterocycles. The van der Waals surface area contributed by atoms with E-state index in [9.17, 15) is 5.26 Å². The van der Waals surface area contributed by atoms with E-state index in [1.54, 1.807) is 0 Å². The fourth-order valence-corrected chi connectivity index (χ4v) is 4.19. The number of imidazole rings is 1. The maximum Gasteiger partial charge on any atom is 0.127 e. The maximum atomic E-state index is 9.17. The number of rotatable bonds is 9. The zero-order valence-electron chi connectivity index (χ0n) is 20.7. The summed E-state index contributed by atoms with van der Waals surface area (Å²) in [5.41, 5.74) is 5.60. The molecule has 0 amide bonds. The molecule has 0 unspecified atom stereocenters. The van der Waals surface area contributed by atoms with Crippen molar-refractivity contribution in [2.24, 2.45) is 0 Å². The summed E-state index contributed by atoms with van der Waals surface area (Å²) in [7, 11) is 0. The number of anilines is 1. The van der Waals surface area contributed by atoms with Gasteiger partial charge in [0, 0.05) is 25.0 Å². The molecule has 1 aromatic heterocycles. The van der Waals surface area contributed by atoms with Crippen LogP contribution in [0.3, 0.4) is 0 Å². The monoisotopic (exact) mass is 495 g/mol. The van der Waals surface area contributed by atoms with E-state index in [2.05, 4.69) is 38.7 Å². The van der Waals surface area contributed by atoms with Crippen LogP contribution in [0.2, 0.25) is 0 Å². The summed E-state index contributed by atoms with van der Waals surface area (Å²) in [6.45, 7) is 1.96. The zero-order valence-corrected chi connectivity index (χ0v) is 20.7. The highest BCUT2D eigenvalue weighted by Crippen LogP contribution is 2.27. The highest BCUT2D eigenvalue weighted by Gasteiger charge is 2.13. The van der Waals surface area contributed by atoms with E-state index < -0.39 is 0 Å². The minimum Gasteiger partial charge on any atom is -0.457 e. The maximum absolute atomic E-state index is 9.17. The molecule has 0 radical (unpaired) electrons. The van der Waals surface area contributed by atoms with Gasteiger partial charge in [0.25, 0.3) is 0 Å². The van der Waals surface area contributed by atoms with Crippen LogP contribution in [-0.2, 0) is 19.6 Å². The van der Waals surface area contributed by atoms with Crippen LogP contribution < -0.4 is 9.64 Å². The van der Waals surface area contributed by atoms with Gasteiger partial charge in [0.15, 0.2) is 0 Å². The Kier molecular flexibility index (Phi) is 7.44. The molecule has 0 aliphatic carbocycles. The smallest absolute Gasteiger partial charge is 0.127 e. The second kappa shape index (κ2) is 11.6. The molecular formula is C32H25N5O. The van der Waals surface area contributed by atoms with Crippen LogP contribution in [0.1, 0.15) is 27.9 Å². The first-order valence-corrected chi connectivity index (χ1v) is 12.3. The van der Waals surface area contributed by atoms with E-state index in [4.69, 9.17) is 10.00 Å². The van der Waals surface area contributed by atoms with Crippen LogP contribution in [0.25, 0.3) is 0 Å². The van der Waals surface area contributed by atoms with Crippen LogP contribution in [0.15, 0.2) is 116 Å². The van der Waals surface area contributed by atoms with Gasteiger partial charge in [0.2, 0.25) is 0 Å². The summed E-state index contributed by atoms with van der Waals surface area (Å²) >= 11 is 0. The molecule has 0 saturated carbocycles. The lowest BCUT2D eigenvalue weighted by atomic mass is 10.1. The van der Waals surface area contributed by atoms with Gasteiger partial charge in [-0.3, -0.25) is 0 Å². The van der Waals surface area contributed by atoms with Crippen molar-refractivity contribution < 1.29 is 4.74 Å². The van der Waals surface area contributed by atoms with Crippen LogP contribution in [0.5, 0.6) is 11.5 Å². The predicted octanol–water partition coefficient (Wildman–Crippen LogP) is 6.67. The van der Waals surface area contributed by atoms with Gasteiger partial charge >= 0.3 is 0 Å². The van der Waals surface area contributed by atoms with E-state index in [-0.39, 0.29) is 0 Å². The number of nitriles is 2. The molecule has 6 nitrogen and oxygen atoms in total. The predicted molar refractivity (Wildman–Crippen MR) is 146 cm³/mol. The Morgan fingerprint density at radius 2 is 1.29 bits per heavy atom. The minimum atomic E-state index is 0.634. The Balaban J connectivity index is 1.38. The Bertz CT molecular complexity index is 1560. The van der Waals surface area contributed by atoms with Crippen molar-refractivity contribution in [3.8, 4) is 23.6 Å². The molecule has 0 aliphatic heterocycles. The van der Waals surface area contributed by atoms with Crippen LogP contribution >= 0.6 is 0 Å². The quantitative estimate of drug-likeness (QED) is 0.228. The van der Waals surface area contributed by atoms with Crippen LogP contribution in [0, 0.1) is 22.7 Å². The minimum absolute atomic E-state index is 0.634. The summed E-state index contributed by atoms with van der Waals surface area (Å²) in [6, 6.07) is 37.4. The number of para-hydroxylation sites is 1. The van der Waals surface area contributed by atoms with E-state index in [0.717, 1.165) is 34.0 Å². The SMILES string of the molecule is N#Cc1ccc(CN(Cc2cncn2Cc2ccc(C#N)cc2)c2ccc(Oc3ccccc3)cc2)cc1. The fourth-order valence-electron chi connectivity index (χ4n) is 4.19. The number of ether oxygens (including phenoxy) is 1. The second-order valence-corrected chi connectivity index (χ2v) is 8.90. The molecule has 0 aliphatic rings. The van der Waals surface area contributed by atoms with Gasteiger partial charge in [-0.1, -0.05) is 42.5 Å². The standard InChI is InChI=1S/C32H25N5O/c33-18-25-6-10-27(11-7-25)21-36(29-14-16-32(17-15-29)38-31-4-2-1-3-5-31)23-30-20-35-24-37(30)22-28-12-8-26(19-34)9-13-28/h1-17,20,24H,21-23H2. The summed E-state index contributed by atoms with van der Waals surface area (Å²) in [4.78, 5) is 6.70. The third kappa shape index (κ3) is 6.07. The number of nitrogens with zero attached hydrogens (tertiary/aromatic N) is 5. The largest absolute Gasteiger partial charge is 0.457 e. The van der Waals surface area contributed by atoms with E-state index in [1.165, 1.54) is 0 Å². The van der Waals surface area contributed by atoms with Crippen LogP contribution in [-0.4, -0.2) is 9.55 Å². The van der Waals surface area contributed by atoms with Gasteiger partial charge in [0.1, 0.15) is 11.5 Å². The number of benzene rings is 4. The Labute approximate surface area is 222 Å². The van der Waals surface area contributed by atoms with Crippen molar-refractivity contribution in [2.45, 2.75) is 19.6 Å². The van der Waals surface area contributed by atoms with Gasteiger partial charge < -0.3 is 14.2 Å². The molecule has 0 fully saturated rings. The summed E-state index contributed by atoms with van der Waals surface area (Å²) in [5, 5.41) is 18.3. The Morgan fingerprint density at radius 1 is 0.684 bits per heavy atom. The molecule has 184 valence electrons. The molecule has 4 aromatic carbocycles. The lowest BCUT2D eigenvalue weighted by Gasteiger charge is -2.26. The first-order chi connectivity index (χ1) is 18.7. The summed E-state index contributed by atoms with van der Waals surface area (Å²) in [5.74, 6) is 1.56. The molecule has 0 N–H and O–H groups in total. The number of aromatic nitrogens is 2. The average Bonchev–Trinajstić information content (AvgIpc) is 3.40. The molecule has 6 heteroatoms. The van der Waals surface area contributed by atoms with Gasteiger partial charge in [-0.25, -0.2) is 4.98 Å². The molecule has 0 saturated heterocycles. The van der Waals surface area contributed by atoms with Gasteiger partial charge in [0.05, 0.1) is 41.8 Å². The van der Waals surface area contributed by atoms with Crippen molar-refractivity contribution in [3.63, 3.8) is 0 Å². The zero-order chi connectivity index (χ0) is 26.2. The lowest BCUT2D eigenvalue weighted by molar-refractivity contribution is 0.482. The highest BCUT2D eigenvalue weighted by molar-refractivity contribution is 5.51. The number of hydrogen-bond acceptors (Lipinski definition) is 5. The molecule has 5 aromatic rings. The third-order valence-electron chi connectivity index (χ3n) is 6.22. The Hall–Kier alpha value is -5.33. The topological polar surface area (TPSA) is 77.9 Å². The van der Waals surface area contributed by atoms with Crippen molar-refractivity contribution in [1.82, 2.24) is 9.55 Å². The van der Waals surface area contributed by atoms with E-state index >= 15 is 0 Å². The Morgan fingerprint density at radius 3 is 1.92 bits per heavy atom. The van der Waals surface area contributed by atoms with Gasteiger partial charge in [-0.05, 0) is 71.8 Å². The molecule has 0 atom stereocenters. The van der Waals surface area contributed by atoms with Crippen molar-refractivity contribution >= 4 is 5.69 Å². The highest BCUT2D eigenvalue weighted by atomic mass is 16.5. The van der Waals surface area contributed by atoms with Gasteiger partial charge in [-0.2, -0.15) is 10.5 Å². The first-order valence-electron chi connectivity index (χ1n) is 12.3. The van der Waals surface area contributed by atoms with Crippen molar-refractivity contribution in [3.05, 3.63) is 144 Å². The second-order valence-electron chi connectivity index (χ2n) is 8.90. The molecule has 38 heavy (non-hydrogen) atoms. The lowest BCUT2D eigenvalue weighted by Crippen LogP contribution is -2.23. The van der Waals surface area contributed by atoms with Crippen molar-refractivity contribution in [1.29, 1.82) is 10.5 Å². The molecular weight excluding hydrogens is 470 g/mol. The molecule has 5 rings (SSSR count). The average molecular weight is 496 g/mol. The molecule has 0 bridgehead atoms. The summed E-state index contributed by atoms with van der Waals surface area (Å²) in [6.07, 6.45) is 3.73. The molecule has 0 spiro atoms. The third-order valence-corrected chi connectivity index (χ3v) is 6.22. The fraction of sp³-hybridized carbons (Fsp3) is 0.0938. The van der Waals surface area contributed by atoms with Crippen molar-refractivity contribution in [2.75, 3.05) is 4.90 Å². The normalized spacial score (nSPS) is 10.4. The summed E-state index contributed by atoms with van der Waals surface area (Å²) < 4.78 is 8.11. The van der Waals surface area contributed by atoms with Crippen LogP contribution in [0.4, 0.5) is 5.69 Å². The van der Waals surface area contributed by atoms with E-state index in [1.807, 2.05) is 104 Å². The van der Waals surface area contributed by atoms with E-state index in [0.29, 0.717) is 30.8 Å².